The smallest absolute Gasteiger partial charge is 0.387 e. The van der Waals surface area contributed by atoms with Gasteiger partial charge >= 0.3 is 7.82 Å². The van der Waals surface area contributed by atoms with Crippen molar-refractivity contribution in [2.75, 3.05) is 6.61 Å². The number of fused-ring (bicyclic) bond motifs is 3. The van der Waals surface area contributed by atoms with Crippen molar-refractivity contribution in [2.45, 2.75) is 24.5 Å². The summed E-state index contributed by atoms with van der Waals surface area (Å²) in [7, 11) is -4.72. The predicted octanol–water partition coefficient (Wildman–Crippen LogP) is -1.19. The number of imidazole rings is 2. The zero-order valence-corrected chi connectivity index (χ0v) is 13.4. The zero-order chi connectivity index (χ0) is 17.8. The molecule has 1 fully saturated rings. The van der Waals surface area contributed by atoms with Crippen LogP contribution in [0.2, 0.25) is 0 Å². The summed E-state index contributed by atoms with van der Waals surface area (Å²) < 4.78 is 23.8. The average Bonchev–Trinajstić information content (AvgIpc) is 3.23. The first-order valence-electron chi connectivity index (χ1n) is 7.21. The monoisotopic (exact) mass is 371 g/mol. The van der Waals surface area contributed by atoms with Gasteiger partial charge in [-0.1, -0.05) is 0 Å². The Morgan fingerprint density at radius 3 is 2.72 bits per heavy atom. The van der Waals surface area contributed by atoms with Gasteiger partial charge < -0.3 is 24.7 Å². The van der Waals surface area contributed by atoms with Crippen molar-refractivity contribution < 1.29 is 33.8 Å². The van der Waals surface area contributed by atoms with Crippen molar-refractivity contribution in [3.05, 3.63) is 25.0 Å². The first kappa shape index (κ1) is 16.5. The Morgan fingerprint density at radius 2 is 1.96 bits per heavy atom. The SMILES string of the molecule is O=P(O)(O)OC[C@H]1O[C@@H](n2cnc3c2ncn2ccnc32)[C@@H](O)C1O. The number of rotatable bonds is 4. The molecule has 4 heterocycles. The van der Waals surface area contributed by atoms with Crippen molar-refractivity contribution >= 4 is 24.6 Å². The van der Waals surface area contributed by atoms with Gasteiger partial charge in [-0.2, -0.15) is 0 Å². The van der Waals surface area contributed by atoms with E-state index in [9.17, 15) is 14.8 Å². The molecule has 4 rings (SSSR count). The van der Waals surface area contributed by atoms with Crippen LogP contribution in [0.1, 0.15) is 6.23 Å². The lowest BCUT2D eigenvalue weighted by Gasteiger charge is -2.16. The van der Waals surface area contributed by atoms with Crippen LogP contribution in [0.4, 0.5) is 0 Å². The molecule has 1 saturated heterocycles. The Hall–Kier alpha value is -1.92. The molecule has 25 heavy (non-hydrogen) atoms. The second kappa shape index (κ2) is 5.81. The minimum Gasteiger partial charge on any atom is -0.387 e. The minimum absolute atomic E-state index is 0.381. The Bertz CT molecular complexity index is 967. The van der Waals surface area contributed by atoms with Crippen LogP contribution < -0.4 is 0 Å². The van der Waals surface area contributed by atoms with Crippen LogP contribution in [0.15, 0.2) is 25.0 Å². The summed E-state index contributed by atoms with van der Waals surface area (Å²) in [6.07, 6.45) is 1.28. The summed E-state index contributed by atoms with van der Waals surface area (Å²) in [5.41, 5.74) is 1.43. The molecule has 0 amide bonds. The molecule has 1 aliphatic rings. The van der Waals surface area contributed by atoms with E-state index < -0.39 is 39.0 Å². The van der Waals surface area contributed by atoms with Crippen molar-refractivity contribution in [3.8, 4) is 0 Å². The lowest BCUT2D eigenvalue weighted by molar-refractivity contribution is -0.0504. The number of hydrogen-bond acceptors (Lipinski definition) is 8. The molecule has 1 unspecified atom stereocenters. The molecule has 0 aliphatic carbocycles. The van der Waals surface area contributed by atoms with E-state index in [2.05, 4.69) is 19.5 Å². The van der Waals surface area contributed by atoms with Crippen molar-refractivity contribution in [2.24, 2.45) is 0 Å². The van der Waals surface area contributed by atoms with Gasteiger partial charge in [-0.3, -0.25) is 13.5 Å². The van der Waals surface area contributed by atoms with Crippen LogP contribution in [0.3, 0.4) is 0 Å². The van der Waals surface area contributed by atoms with E-state index in [1.807, 2.05) is 0 Å². The predicted molar refractivity (Wildman–Crippen MR) is 80.2 cm³/mol. The fraction of sp³-hybridized carbons (Fsp3) is 0.417. The summed E-state index contributed by atoms with van der Waals surface area (Å²) >= 11 is 0. The largest absolute Gasteiger partial charge is 0.469 e. The zero-order valence-electron chi connectivity index (χ0n) is 12.5. The van der Waals surface area contributed by atoms with E-state index in [0.29, 0.717) is 16.8 Å². The standard InChI is InChI=1S/C12H14N5O7P/c18-8-6(3-23-25(20,21)22)24-12(9(8)19)17-5-14-7-10-13-1-2-16(10)4-15-11(7)17/h1-2,4-6,8-9,12,18-19H,3H2,(H2,20,21,22)/t6-,8?,9+,12-/m1/s1. The molecule has 3 aromatic heterocycles. The fourth-order valence-corrected chi connectivity index (χ4v) is 3.14. The van der Waals surface area contributed by atoms with Crippen molar-refractivity contribution in [1.29, 1.82) is 0 Å². The topological polar surface area (TPSA) is 164 Å². The number of phosphoric acid groups is 1. The Kier molecular flexibility index (Phi) is 3.85. The molecular weight excluding hydrogens is 357 g/mol. The highest BCUT2D eigenvalue weighted by Gasteiger charge is 2.45. The number of nitrogens with zero attached hydrogens (tertiary/aromatic N) is 5. The Labute approximate surface area is 139 Å². The minimum atomic E-state index is -4.72. The quantitative estimate of drug-likeness (QED) is 0.410. The molecule has 4 N–H and O–H groups in total. The van der Waals surface area contributed by atoms with Crippen LogP contribution in [-0.4, -0.2) is 68.8 Å². The molecule has 13 heteroatoms. The van der Waals surface area contributed by atoms with Crippen LogP contribution in [-0.2, 0) is 13.8 Å². The van der Waals surface area contributed by atoms with Gasteiger partial charge in [0.2, 0.25) is 0 Å². The van der Waals surface area contributed by atoms with Gasteiger partial charge in [-0.25, -0.2) is 19.5 Å². The van der Waals surface area contributed by atoms with Gasteiger partial charge in [0.05, 0.1) is 12.9 Å². The summed E-state index contributed by atoms with van der Waals surface area (Å²) in [6.45, 7) is -0.580. The Morgan fingerprint density at radius 1 is 1.16 bits per heavy atom. The van der Waals surface area contributed by atoms with Crippen molar-refractivity contribution in [3.63, 3.8) is 0 Å². The van der Waals surface area contributed by atoms with E-state index >= 15 is 0 Å². The average molecular weight is 371 g/mol. The molecule has 134 valence electrons. The highest BCUT2D eigenvalue weighted by molar-refractivity contribution is 7.46. The van der Waals surface area contributed by atoms with E-state index in [1.54, 1.807) is 16.8 Å². The third kappa shape index (κ3) is 2.83. The van der Waals surface area contributed by atoms with E-state index in [0.717, 1.165) is 0 Å². The van der Waals surface area contributed by atoms with Gasteiger partial charge in [0.25, 0.3) is 0 Å². The normalized spacial score (nSPS) is 27.5. The summed E-state index contributed by atoms with van der Waals surface area (Å²) in [4.78, 5) is 30.2. The van der Waals surface area contributed by atoms with Crippen LogP contribution in [0, 0.1) is 0 Å². The number of hydrogen-bond donors (Lipinski definition) is 4. The first-order valence-corrected chi connectivity index (χ1v) is 8.74. The van der Waals surface area contributed by atoms with Crippen LogP contribution >= 0.6 is 7.82 Å². The second-order valence-corrected chi connectivity index (χ2v) is 6.80. The van der Waals surface area contributed by atoms with E-state index in [-0.39, 0.29) is 0 Å². The number of aromatic nitrogens is 5. The molecule has 0 saturated carbocycles. The molecule has 12 nitrogen and oxygen atoms in total. The number of phosphoric ester groups is 1. The lowest BCUT2D eigenvalue weighted by atomic mass is 10.1. The third-order valence-corrected chi connectivity index (χ3v) is 4.46. The fourth-order valence-electron chi connectivity index (χ4n) is 2.80. The maximum Gasteiger partial charge on any atom is 0.469 e. The molecular formula is C12H14N5O7P. The molecule has 3 aromatic rings. The molecule has 1 aliphatic heterocycles. The molecule has 4 atom stereocenters. The molecule has 0 aromatic carbocycles. The summed E-state index contributed by atoms with van der Waals surface area (Å²) in [5, 5.41) is 20.3. The highest BCUT2D eigenvalue weighted by atomic mass is 31.2. The molecule has 0 radical (unpaired) electrons. The first-order chi connectivity index (χ1) is 11.8. The molecule has 0 spiro atoms. The number of aliphatic hydroxyl groups excluding tert-OH is 2. The number of ether oxygens (including phenoxy) is 1. The lowest BCUT2D eigenvalue weighted by Crippen LogP contribution is -2.33. The maximum atomic E-state index is 10.8. The van der Waals surface area contributed by atoms with Crippen LogP contribution in [0.25, 0.3) is 16.8 Å². The van der Waals surface area contributed by atoms with Crippen LogP contribution in [0.5, 0.6) is 0 Å². The van der Waals surface area contributed by atoms with Crippen molar-refractivity contribution in [1.82, 2.24) is 23.9 Å². The Balaban J connectivity index is 1.65. The summed E-state index contributed by atoms with van der Waals surface area (Å²) in [5.74, 6) is 0. The summed E-state index contributed by atoms with van der Waals surface area (Å²) in [6, 6.07) is 0. The van der Waals surface area contributed by atoms with Gasteiger partial charge in [-0.15, -0.1) is 0 Å². The van der Waals surface area contributed by atoms with E-state index in [4.69, 9.17) is 14.5 Å². The second-order valence-electron chi connectivity index (χ2n) is 5.56. The number of aliphatic hydroxyl groups is 2. The van der Waals surface area contributed by atoms with Gasteiger partial charge in [0.15, 0.2) is 23.0 Å². The third-order valence-electron chi connectivity index (χ3n) is 3.97. The molecule has 0 bridgehead atoms. The van der Waals surface area contributed by atoms with Gasteiger partial charge in [-0.05, 0) is 0 Å². The van der Waals surface area contributed by atoms with Gasteiger partial charge in [0.1, 0.15) is 24.6 Å². The van der Waals surface area contributed by atoms with E-state index in [1.165, 1.54) is 17.2 Å². The maximum absolute atomic E-state index is 10.8. The van der Waals surface area contributed by atoms with Gasteiger partial charge in [0, 0.05) is 12.4 Å². The highest BCUT2D eigenvalue weighted by Crippen LogP contribution is 2.38.